The van der Waals surface area contributed by atoms with Gasteiger partial charge >= 0.3 is 0 Å². The van der Waals surface area contributed by atoms with Crippen LogP contribution >= 0.6 is 23.1 Å². The second kappa shape index (κ2) is 17.7. The Kier molecular flexibility index (Phi) is 11.9. The van der Waals surface area contributed by atoms with E-state index in [9.17, 15) is 14.4 Å². The predicted molar refractivity (Wildman–Crippen MR) is 230 cm³/mol. The van der Waals surface area contributed by atoms with Gasteiger partial charge in [0, 0.05) is 26.6 Å². The second-order valence-electron chi connectivity index (χ2n) is 13.0. The Balaban J connectivity index is 1.11. The summed E-state index contributed by atoms with van der Waals surface area (Å²) in [4.78, 5) is 47.7. The summed E-state index contributed by atoms with van der Waals surface area (Å²) in [6, 6.07) is 51.6. The minimum Gasteiger partial charge on any atom is -0.321 e. The SMILES string of the molecule is Cc1ccc(-c2nc(NC(=O)C(Sc3cccc(NC(=O)/C(=C\c4ccc(-c5ccccc5)cc4)NC(=O)c4ccccc4)c3)c3ccccc3)sc2C)cc1. The highest BCUT2D eigenvalue weighted by Gasteiger charge is 2.24. The van der Waals surface area contributed by atoms with Crippen molar-refractivity contribution in [3.63, 3.8) is 0 Å². The molecule has 7 rings (SSSR count). The fourth-order valence-electron chi connectivity index (χ4n) is 5.99. The molecule has 0 spiro atoms. The Morgan fingerprint density at radius 3 is 1.98 bits per heavy atom. The number of rotatable bonds is 12. The molecule has 7 aromatic rings. The first-order valence-electron chi connectivity index (χ1n) is 18.0. The first-order chi connectivity index (χ1) is 27.3. The maximum Gasteiger partial charge on any atom is 0.272 e. The number of carbonyl (C=O) groups excluding carboxylic acids is 3. The molecule has 3 amide bonds. The van der Waals surface area contributed by atoms with Crippen molar-refractivity contribution in [3.05, 3.63) is 197 Å². The average Bonchev–Trinajstić information content (AvgIpc) is 3.60. The highest BCUT2D eigenvalue weighted by atomic mass is 32.2. The molecule has 276 valence electrons. The smallest absolute Gasteiger partial charge is 0.272 e. The van der Waals surface area contributed by atoms with Crippen LogP contribution in [-0.2, 0) is 9.59 Å². The van der Waals surface area contributed by atoms with Crippen LogP contribution < -0.4 is 16.0 Å². The molecular formula is C47H38N4O3S2. The summed E-state index contributed by atoms with van der Waals surface area (Å²) in [5.74, 6) is -1.12. The number of aromatic nitrogens is 1. The molecule has 1 unspecified atom stereocenters. The molecule has 0 saturated carbocycles. The normalized spacial score (nSPS) is 11.7. The predicted octanol–water partition coefficient (Wildman–Crippen LogP) is 11.0. The lowest BCUT2D eigenvalue weighted by Crippen LogP contribution is -2.30. The van der Waals surface area contributed by atoms with Crippen LogP contribution in [0.1, 0.15) is 37.2 Å². The summed E-state index contributed by atoms with van der Waals surface area (Å²) in [7, 11) is 0. The number of hydrogen-bond donors (Lipinski definition) is 3. The number of nitrogens with one attached hydrogen (secondary N) is 3. The summed E-state index contributed by atoms with van der Waals surface area (Å²) in [5.41, 5.74) is 7.69. The molecule has 3 N–H and O–H groups in total. The third-order valence-electron chi connectivity index (χ3n) is 8.90. The molecule has 56 heavy (non-hydrogen) atoms. The van der Waals surface area contributed by atoms with Crippen LogP contribution in [0.3, 0.4) is 0 Å². The number of nitrogens with zero attached hydrogens (tertiary/aromatic N) is 1. The summed E-state index contributed by atoms with van der Waals surface area (Å²) < 4.78 is 0. The van der Waals surface area contributed by atoms with Crippen LogP contribution in [0.5, 0.6) is 0 Å². The molecule has 0 aliphatic carbocycles. The van der Waals surface area contributed by atoms with Gasteiger partial charge in [0.1, 0.15) is 10.9 Å². The van der Waals surface area contributed by atoms with Gasteiger partial charge < -0.3 is 16.0 Å². The van der Waals surface area contributed by atoms with Gasteiger partial charge in [0.15, 0.2) is 5.13 Å². The van der Waals surface area contributed by atoms with E-state index in [1.54, 1.807) is 36.4 Å². The van der Waals surface area contributed by atoms with Crippen molar-refractivity contribution in [2.75, 3.05) is 10.6 Å². The van der Waals surface area contributed by atoms with Crippen LogP contribution in [0.2, 0.25) is 0 Å². The number of amides is 3. The van der Waals surface area contributed by atoms with Crippen LogP contribution in [0, 0.1) is 13.8 Å². The van der Waals surface area contributed by atoms with Crippen LogP contribution in [0.15, 0.2) is 174 Å². The molecular weight excluding hydrogens is 733 g/mol. The van der Waals surface area contributed by atoms with Gasteiger partial charge in [0.2, 0.25) is 5.91 Å². The number of carbonyl (C=O) groups is 3. The van der Waals surface area contributed by atoms with Gasteiger partial charge in [-0.05, 0) is 72.5 Å². The van der Waals surface area contributed by atoms with Crippen molar-refractivity contribution in [2.24, 2.45) is 0 Å². The first kappa shape index (κ1) is 37.8. The summed E-state index contributed by atoms with van der Waals surface area (Å²) in [5, 5.41) is 8.75. The lowest BCUT2D eigenvalue weighted by atomic mass is 10.0. The van der Waals surface area contributed by atoms with Crippen molar-refractivity contribution in [1.82, 2.24) is 10.3 Å². The largest absolute Gasteiger partial charge is 0.321 e. The number of aryl methyl sites for hydroxylation is 2. The van der Waals surface area contributed by atoms with Gasteiger partial charge in [-0.15, -0.1) is 23.1 Å². The van der Waals surface area contributed by atoms with Crippen molar-refractivity contribution in [3.8, 4) is 22.4 Å². The summed E-state index contributed by atoms with van der Waals surface area (Å²) in [6.45, 7) is 4.05. The van der Waals surface area contributed by atoms with E-state index in [2.05, 4.69) is 16.0 Å². The fraction of sp³-hybridized carbons (Fsp3) is 0.0638. The summed E-state index contributed by atoms with van der Waals surface area (Å²) >= 11 is 2.81. The average molecular weight is 771 g/mol. The van der Waals surface area contributed by atoms with E-state index in [4.69, 9.17) is 4.98 Å². The Morgan fingerprint density at radius 2 is 1.29 bits per heavy atom. The van der Waals surface area contributed by atoms with E-state index in [0.717, 1.165) is 43.3 Å². The Labute approximate surface area is 334 Å². The topological polar surface area (TPSA) is 100 Å². The van der Waals surface area contributed by atoms with E-state index >= 15 is 0 Å². The van der Waals surface area contributed by atoms with E-state index in [-0.39, 0.29) is 11.6 Å². The fourth-order valence-corrected chi connectivity index (χ4v) is 7.92. The lowest BCUT2D eigenvalue weighted by Gasteiger charge is -2.17. The zero-order chi connectivity index (χ0) is 38.9. The molecule has 0 radical (unpaired) electrons. The van der Waals surface area contributed by atoms with Crippen molar-refractivity contribution >= 4 is 57.7 Å². The Bertz CT molecular complexity index is 2480. The monoisotopic (exact) mass is 770 g/mol. The number of thiazole rings is 1. The van der Waals surface area contributed by atoms with Crippen LogP contribution in [-0.4, -0.2) is 22.7 Å². The van der Waals surface area contributed by atoms with Gasteiger partial charge in [0.25, 0.3) is 11.8 Å². The molecule has 7 nitrogen and oxygen atoms in total. The van der Waals surface area contributed by atoms with Gasteiger partial charge in [-0.2, -0.15) is 0 Å². The minimum absolute atomic E-state index is 0.0784. The summed E-state index contributed by atoms with van der Waals surface area (Å²) in [6.07, 6.45) is 1.66. The van der Waals surface area contributed by atoms with Crippen LogP contribution in [0.4, 0.5) is 10.8 Å². The second-order valence-corrected chi connectivity index (χ2v) is 15.4. The molecule has 0 saturated heterocycles. The number of hydrogen-bond acceptors (Lipinski definition) is 6. The Hall–Kier alpha value is -6.55. The maximum atomic E-state index is 14.0. The van der Waals surface area contributed by atoms with Gasteiger partial charge in [-0.1, -0.05) is 139 Å². The lowest BCUT2D eigenvalue weighted by molar-refractivity contribution is -0.116. The first-order valence-corrected chi connectivity index (χ1v) is 19.7. The number of anilines is 2. The molecule has 0 bridgehead atoms. The van der Waals surface area contributed by atoms with Crippen molar-refractivity contribution in [2.45, 2.75) is 24.0 Å². The molecule has 0 fully saturated rings. The highest BCUT2D eigenvalue weighted by molar-refractivity contribution is 8.00. The maximum absolute atomic E-state index is 14.0. The third-order valence-corrected chi connectivity index (χ3v) is 11.0. The van der Waals surface area contributed by atoms with E-state index in [0.29, 0.717) is 16.4 Å². The van der Waals surface area contributed by atoms with Gasteiger partial charge in [-0.25, -0.2) is 4.98 Å². The van der Waals surface area contributed by atoms with Crippen molar-refractivity contribution < 1.29 is 14.4 Å². The highest BCUT2D eigenvalue weighted by Crippen LogP contribution is 2.38. The molecule has 1 aromatic heterocycles. The number of benzene rings is 6. The zero-order valence-electron chi connectivity index (χ0n) is 30.7. The standard InChI is InChI=1S/C47H38N4O3S2/c1-31-21-25-36(26-22-31)42-32(2)55-47(50-42)51-46(54)43(37-15-8-4-9-16-37)56-40-20-12-19-39(30-40)48-45(53)41(49-44(52)38-17-10-5-11-18-38)29-33-23-27-35(28-24-33)34-13-6-3-7-14-34/h3-30,43H,1-2H3,(H,48,53)(H,49,52)(H,50,51,54)/b41-29+. The van der Waals surface area contributed by atoms with Gasteiger partial charge in [0.05, 0.1) is 5.69 Å². The molecule has 1 atom stereocenters. The van der Waals surface area contributed by atoms with Crippen molar-refractivity contribution in [1.29, 1.82) is 0 Å². The Morgan fingerprint density at radius 1 is 0.661 bits per heavy atom. The molecule has 6 aromatic carbocycles. The number of thioether (sulfide) groups is 1. The zero-order valence-corrected chi connectivity index (χ0v) is 32.4. The quantitative estimate of drug-likeness (QED) is 0.0848. The molecule has 0 aliphatic heterocycles. The third kappa shape index (κ3) is 9.57. The molecule has 0 aliphatic rings. The van der Waals surface area contributed by atoms with E-state index in [1.165, 1.54) is 28.7 Å². The van der Waals surface area contributed by atoms with Gasteiger partial charge in [-0.3, -0.25) is 14.4 Å². The molecule has 9 heteroatoms. The van der Waals surface area contributed by atoms with Crippen LogP contribution in [0.25, 0.3) is 28.5 Å². The van der Waals surface area contributed by atoms with E-state index in [1.807, 2.05) is 147 Å². The molecule has 1 heterocycles. The van der Waals surface area contributed by atoms with E-state index < -0.39 is 17.1 Å². The minimum atomic E-state index is -0.617.